The molecule has 0 unspecified atom stereocenters. The van der Waals surface area contributed by atoms with E-state index in [0.717, 1.165) is 152 Å². The van der Waals surface area contributed by atoms with Crippen LogP contribution in [0.5, 0.6) is 0 Å². The number of ether oxygens (including phenoxy) is 1. The summed E-state index contributed by atoms with van der Waals surface area (Å²) in [5.74, 6) is 1.87. The molecule has 17 nitrogen and oxygen atoms in total. The quantitative estimate of drug-likeness (QED) is 0.0296. The van der Waals surface area contributed by atoms with Crippen LogP contribution in [0.3, 0.4) is 0 Å². The highest BCUT2D eigenvalue weighted by molar-refractivity contribution is 5.79. The average molecular weight is 1150 g/mol. The number of unbranched alkanes of at least 4 members (excludes halogenated alkanes) is 2. The second kappa shape index (κ2) is 32.0. The highest BCUT2D eigenvalue weighted by Gasteiger charge is 2.31. The van der Waals surface area contributed by atoms with Gasteiger partial charge in [-0.15, -0.1) is 0 Å². The number of aliphatic hydroxyl groups excluding tert-OH is 1. The number of rotatable bonds is 33. The molecule has 0 aliphatic heterocycles. The minimum absolute atomic E-state index is 0.0134. The zero-order valence-electron chi connectivity index (χ0n) is 49.3. The Morgan fingerprint density at radius 2 is 1.02 bits per heavy atom. The van der Waals surface area contributed by atoms with Crippen LogP contribution >= 0.6 is 0 Å². The molecular weight excluding hydrogens is 1070 g/mol. The van der Waals surface area contributed by atoms with Crippen LogP contribution in [0.25, 0.3) is 44.1 Å². The van der Waals surface area contributed by atoms with E-state index in [4.69, 9.17) is 19.8 Å². The van der Waals surface area contributed by atoms with Crippen molar-refractivity contribution in [3.05, 3.63) is 191 Å². The third-order valence-corrected chi connectivity index (χ3v) is 15.3. The molecule has 6 aromatic heterocycles. The summed E-state index contributed by atoms with van der Waals surface area (Å²) < 4.78 is 17.1. The maximum absolute atomic E-state index is 13.5. The number of carbonyl (C=O) groups excluding carboxylic acids is 2. The molecule has 0 atom stereocenters. The molecule has 0 radical (unpaired) electrons. The smallest absolute Gasteiger partial charge is 0.407 e. The van der Waals surface area contributed by atoms with Crippen molar-refractivity contribution in [1.82, 2.24) is 52.7 Å². The van der Waals surface area contributed by atoms with Crippen molar-refractivity contribution in [2.24, 2.45) is 0 Å². The number of benzene rings is 2. The average Bonchev–Trinajstić information content (AvgIpc) is 3.40. The van der Waals surface area contributed by atoms with Crippen molar-refractivity contribution in [2.45, 2.75) is 161 Å². The highest BCUT2D eigenvalue weighted by atomic mass is 16.5. The Labute approximate surface area is 497 Å². The lowest BCUT2D eigenvalue weighted by atomic mass is 10.1. The van der Waals surface area contributed by atoms with Crippen LogP contribution in [0.15, 0.2) is 168 Å². The van der Waals surface area contributed by atoms with Crippen molar-refractivity contribution >= 4 is 56.0 Å². The summed E-state index contributed by atoms with van der Waals surface area (Å²) in [7, 11) is 0. The second-order valence-corrected chi connectivity index (χ2v) is 21.8. The third-order valence-electron chi connectivity index (χ3n) is 15.3. The number of hydrogen-bond donors (Lipinski definition) is 2. The molecule has 1 amide bonds. The third kappa shape index (κ3) is 17.1. The van der Waals surface area contributed by atoms with Gasteiger partial charge in [-0.2, -0.15) is 0 Å². The lowest BCUT2D eigenvalue weighted by Crippen LogP contribution is -2.26. The minimum atomic E-state index is -0.464. The Kier molecular flexibility index (Phi) is 23.0. The van der Waals surface area contributed by atoms with Crippen LogP contribution in [0.4, 0.5) is 4.79 Å². The first-order valence-electron chi connectivity index (χ1n) is 30.8. The minimum Gasteiger partial charge on any atom is -0.450 e. The number of alkyl carbamates (subject to hydrolysis) is 1. The number of hydrogen-bond acceptors (Lipinski definition) is 10. The van der Waals surface area contributed by atoms with Crippen LogP contribution in [0, 0.1) is 0 Å². The van der Waals surface area contributed by atoms with Crippen molar-refractivity contribution in [2.75, 3.05) is 19.8 Å². The van der Waals surface area contributed by atoms with E-state index >= 15 is 0 Å². The lowest BCUT2D eigenvalue weighted by Gasteiger charge is -2.11. The van der Waals surface area contributed by atoms with E-state index in [-0.39, 0.29) is 29.8 Å². The SMILES string of the molecule is CC/C=C\C/C=C\C/C=C\C/C=C\C/C=C\C/C=C\CCC(=O)CCCNC(=O)OCCCCn1c(Cn2c(=O)n(C3CC3)c3ccncc32)nc2ccccc21.O=c1n(Cc2nc3ccccc3n2CCCCO)c2cnccc2n1C1CC1. The number of nitrogens with one attached hydrogen (secondary N) is 1. The van der Waals surface area contributed by atoms with Gasteiger partial charge in [0.1, 0.15) is 17.4 Å². The molecular formula is C68H83N11O6. The van der Waals surface area contributed by atoms with Gasteiger partial charge in [0.2, 0.25) is 0 Å². The number of pyridine rings is 2. The number of para-hydroxylation sites is 4. The molecule has 85 heavy (non-hydrogen) atoms. The summed E-state index contributed by atoms with van der Waals surface area (Å²) in [6, 6.07) is 20.4. The number of ketones is 1. The number of imidazole rings is 4. The maximum atomic E-state index is 13.5. The Morgan fingerprint density at radius 3 is 1.51 bits per heavy atom. The van der Waals surface area contributed by atoms with Gasteiger partial charge in [0, 0.05) is 63.6 Å². The molecule has 17 heteroatoms. The number of Topliss-reactive ketones (excluding diaryl/α,β-unsaturated/α-hetero) is 1. The maximum Gasteiger partial charge on any atom is 0.407 e. The predicted molar refractivity (Wildman–Crippen MR) is 339 cm³/mol. The number of fused-ring (bicyclic) bond motifs is 4. The van der Waals surface area contributed by atoms with E-state index in [2.05, 4.69) is 110 Å². The number of aliphatic hydroxyl groups is 1. The van der Waals surface area contributed by atoms with E-state index in [9.17, 15) is 19.2 Å². The first-order valence-corrected chi connectivity index (χ1v) is 30.8. The Balaban J connectivity index is 0.000000255. The van der Waals surface area contributed by atoms with Crippen molar-refractivity contribution < 1.29 is 19.4 Å². The zero-order valence-corrected chi connectivity index (χ0v) is 49.3. The van der Waals surface area contributed by atoms with Gasteiger partial charge in [-0.05, 0) is 139 Å². The van der Waals surface area contributed by atoms with E-state index in [1.54, 1.807) is 33.9 Å². The van der Waals surface area contributed by atoms with E-state index in [1.165, 1.54) is 0 Å². The van der Waals surface area contributed by atoms with Gasteiger partial charge in [-0.3, -0.25) is 33.0 Å². The fourth-order valence-electron chi connectivity index (χ4n) is 10.7. The largest absolute Gasteiger partial charge is 0.450 e. The van der Waals surface area contributed by atoms with Crippen LogP contribution in [-0.2, 0) is 35.7 Å². The second-order valence-electron chi connectivity index (χ2n) is 21.8. The summed E-state index contributed by atoms with van der Waals surface area (Å²) in [6.07, 6.45) is 48.0. The summed E-state index contributed by atoms with van der Waals surface area (Å²) in [6.45, 7) is 5.23. The Bertz CT molecular complexity index is 3780. The summed E-state index contributed by atoms with van der Waals surface area (Å²) >= 11 is 0. The van der Waals surface area contributed by atoms with Crippen LogP contribution in [-0.4, -0.2) is 84.1 Å². The Hall–Kier alpha value is -8.44. The summed E-state index contributed by atoms with van der Waals surface area (Å²) in [4.78, 5) is 69.5. The molecule has 2 aromatic carbocycles. The van der Waals surface area contributed by atoms with Crippen molar-refractivity contribution in [1.29, 1.82) is 0 Å². The number of allylic oxidation sites excluding steroid dienone is 12. The van der Waals surface area contributed by atoms with E-state index in [1.807, 2.05) is 63.7 Å². The topological polar surface area (TPSA) is 191 Å². The van der Waals surface area contributed by atoms with Crippen LogP contribution in [0.2, 0.25) is 0 Å². The summed E-state index contributed by atoms with van der Waals surface area (Å²) in [5, 5.41) is 11.9. The summed E-state index contributed by atoms with van der Waals surface area (Å²) in [5.41, 5.74) is 7.41. The standard InChI is InChI=1S/C47H60N6O4.C21H23N5O2/c1-2-3-4-5-6-7-8-9-10-11-12-13-14-15-16-17-18-19-20-26-40(54)27-25-33-49-46(55)57-36-24-23-35-51-42-29-22-21-28-41(42)50-45(51)38-52-44-37-48-34-32-43(44)53(47(52)56)39-30-31-39;27-12-4-3-11-24-17-6-2-1-5-16(17)23-20(24)14-25-19-13-22-10-9-18(19)26(21(25)28)15-7-8-15/h3-4,6-7,9-10,12-13,15-16,18-19,21-22,28-29,32,34,37,39H,2,5,8,11,14,17,20,23-27,30-31,33,35-36,38H2,1H3,(H,49,55);1-2,5-6,9-10,13,15,27H,3-4,7-8,11-12,14H2/b4-3-,7-6-,10-9-,13-12-,16-15-,19-18-;. The molecule has 446 valence electrons. The predicted octanol–water partition coefficient (Wildman–Crippen LogP) is 13.0. The van der Waals surface area contributed by atoms with Gasteiger partial charge >= 0.3 is 17.5 Å². The number of nitrogens with zero attached hydrogens (tertiary/aromatic N) is 10. The molecule has 8 aromatic rings. The molecule has 0 spiro atoms. The lowest BCUT2D eigenvalue weighted by molar-refractivity contribution is -0.119. The van der Waals surface area contributed by atoms with Gasteiger partial charge in [-0.1, -0.05) is 104 Å². The first-order chi connectivity index (χ1) is 41.8. The van der Waals surface area contributed by atoms with Gasteiger partial charge in [0.15, 0.2) is 0 Å². The van der Waals surface area contributed by atoms with Gasteiger partial charge in [0.05, 0.1) is 76.2 Å². The van der Waals surface area contributed by atoms with Crippen LogP contribution < -0.4 is 16.7 Å². The highest BCUT2D eigenvalue weighted by Crippen LogP contribution is 2.37. The number of carbonyl (C=O) groups is 2. The molecule has 2 saturated carbocycles. The zero-order chi connectivity index (χ0) is 59.0. The normalized spacial score (nSPS) is 13.9. The fraction of sp³-hybridized carbons (Fsp3) is 0.412. The van der Waals surface area contributed by atoms with Crippen molar-refractivity contribution in [3.63, 3.8) is 0 Å². The molecule has 2 aliphatic carbocycles. The van der Waals surface area contributed by atoms with Gasteiger partial charge in [-0.25, -0.2) is 24.4 Å². The molecule has 0 saturated heterocycles. The van der Waals surface area contributed by atoms with Crippen molar-refractivity contribution in [3.8, 4) is 0 Å². The van der Waals surface area contributed by atoms with Gasteiger partial charge < -0.3 is 24.3 Å². The number of aromatic nitrogens is 10. The number of aryl methyl sites for hydroxylation is 2. The molecule has 0 bridgehead atoms. The monoisotopic (exact) mass is 1150 g/mol. The molecule has 2 N–H and O–H groups in total. The van der Waals surface area contributed by atoms with Crippen LogP contribution in [0.1, 0.15) is 146 Å². The van der Waals surface area contributed by atoms with E-state index < -0.39 is 6.09 Å². The fourth-order valence-corrected chi connectivity index (χ4v) is 10.7. The van der Waals surface area contributed by atoms with E-state index in [0.29, 0.717) is 64.5 Å². The number of amides is 1. The molecule has 10 rings (SSSR count). The molecule has 6 heterocycles. The first kappa shape index (κ1) is 61.1. The van der Waals surface area contributed by atoms with Gasteiger partial charge in [0.25, 0.3) is 0 Å². The molecule has 2 fully saturated rings. The molecule has 2 aliphatic rings. The Morgan fingerprint density at radius 1 is 0.553 bits per heavy atom.